The van der Waals surface area contributed by atoms with Crippen LogP contribution in [-0.2, 0) is 0 Å². The molecule has 0 unspecified atom stereocenters. The molecular formula is C18H22N4O2. The average Bonchev–Trinajstić information content (AvgIpc) is 3.11. The highest BCUT2D eigenvalue weighted by atomic mass is 16.5. The van der Waals surface area contributed by atoms with Crippen LogP contribution in [-0.4, -0.2) is 40.2 Å². The van der Waals surface area contributed by atoms with Crippen LogP contribution < -0.4 is 10.1 Å². The molecule has 126 valence electrons. The summed E-state index contributed by atoms with van der Waals surface area (Å²) in [6, 6.07) is 11.1. The third-order valence-electron chi connectivity index (χ3n) is 3.79. The summed E-state index contributed by atoms with van der Waals surface area (Å²) in [7, 11) is 0. The standard InChI is InChI=1S/C18H22N4O2/c1-13(2)24-16-8-4-3-7-14(16)19-17-10-9-15(20-21-17)18(23)22-11-5-6-12-22/h3-4,7-10,13H,5-6,11-12H2,1-2H3,(H,19,21). The number of carbonyl (C=O) groups excluding carboxylic acids is 1. The summed E-state index contributed by atoms with van der Waals surface area (Å²) in [5.74, 6) is 1.29. The van der Waals surface area contributed by atoms with Crippen LogP contribution in [0.25, 0.3) is 0 Å². The Morgan fingerprint density at radius 2 is 1.88 bits per heavy atom. The molecule has 2 heterocycles. The zero-order valence-electron chi connectivity index (χ0n) is 14.0. The van der Waals surface area contributed by atoms with Gasteiger partial charge in [-0.2, -0.15) is 0 Å². The van der Waals surface area contributed by atoms with E-state index in [4.69, 9.17) is 4.74 Å². The Balaban J connectivity index is 1.71. The van der Waals surface area contributed by atoms with Crippen molar-refractivity contribution in [2.75, 3.05) is 18.4 Å². The van der Waals surface area contributed by atoms with E-state index in [9.17, 15) is 4.79 Å². The number of likely N-dealkylation sites (tertiary alicyclic amines) is 1. The minimum Gasteiger partial charge on any atom is -0.489 e. The van der Waals surface area contributed by atoms with E-state index in [-0.39, 0.29) is 12.0 Å². The molecule has 1 N–H and O–H groups in total. The molecule has 1 saturated heterocycles. The maximum atomic E-state index is 12.3. The lowest BCUT2D eigenvalue weighted by Gasteiger charge is -2.15. The van der Waals surface area contributed by atoms with Gasteiger partial charge < -0.3 is 15.0 Å². The number of hydrogen-bond acceptors (Lipinski definition) is 5. The van der Waals surface area contributed by atoms with Crippen molar-refractivity contribution in [1.82, 2.24) is 15.1 Å². The van der Waals surface area contributed by atoms with Crippen LogP contribution in [0.1, 0.15) is 37.2 Å². The fraction of sp³-hybridized carbons (Fsp3) is 0.389. The fourth-order valence-corrected chi connectivity index (χ4v) is 2.66. The molecule has 6 heteroatoms. The van der Waals surface area contributed by atoms with Crippen LogP contribution in [0.4, 0.5) is 11.5 Å². The lowest BCUT2D eigenvalue weighted by Crippen LogP contribution is -2.28. The topological polar surface area (TPSA) is 67.3 Å². The van der Waals surface area contributed by atoms with Crippen molar-refractivity contribution >= 4 is 17.4 Å². The highest BCUT2D eigenvalue weighted by Gasteiger charge is 2.20. The molecule has 3 rings (SSSR count). The maximum Gasteiger partial charge on any atom is 0.274 e. The van der Waals surface area contributed by atoms with Crippen LogP contribution >= 0.6 is 0 Å². The van der Waals surface area contributed by atoms with Crippen LogP contribution in [0.3, 0.4) is 0 Å². The number of aromatic nitrogens is 2. The van der Waals surface area contributed by atoms with Crippen molar-refractivity contribution in [1.29, 1.82) is 0 Å². The summed E-state index contributed by atoms with van der Waals surface area (Å²) in [6.07, 6.45) is 2.20. The van der Waals surface area contributed by atoms with Gasteiger partial charge in [0, 0.05) is 13.1 Å². The molecule has 0 spiro atoms. The first-order chi connectivity index (χ1) is 11.6. The Morgan fingerprint density at radius 3 is 2.54 bits per heavy atom. The van der Waals surface area contributed by atoms with Gasteiger partial charge in [-0.15, -0.1) is 10.2 Å². The Hall–Kier alpha value is -2.63. The minimum atomic E-state index is -0.0462. The summed E-state index contributed by atoms with van der Waals surface area (Å²) < 4.78 is 5.78. The van der Waals surface area contributed by atoms with Gasteiger partial charge in [0.25, 0.3) is 5.91 Å². The molecule has 0 radical (unpaired) electrons. The van der Waals surface area contributed by atoms with E-state index < -0.39 is 0 Å². The summed E-state index contributed by atoms with van der Waals surface area (Å²) in [6.45, 7) is 5.57. The Bertz CT molecular complexity index is 694. The molecule has 0 atom stereocenters. The summed E-state index contributed by atoms with van der Waals surface area (Å²) in [5.41, 5.74) is 1.20. The largest absolute Gasteiger partial charge is 0.489 e. The van der Waals surface area contributed by atoms with Crippen molar-refractivity contribution < 1.29 is 9.53 Å². The van der Waals surface area contributed by atoms with Crippen LogP contribution in [0, 0.1) is 0 Å². The van der Waals surface area contributed by atoms with E-state index in [0.29, 0.717) is 11.5 Å². The first kappa shape index (κ1) is 16.2. The lowest BCUT2D eigenvalue weighted by molar-refractivity contribution is 0.0786. The Kier molecular flexibility index (Phi) is 4.93. The molecule has 1 aliphatic heterocycles. The van der Waals surface area contributed by atoms with Gasteiger partial charge in [0.05, 0.1) is 11.8 Å². The number of carbonyl (C=O) groups is 1. The predicted molar refractivity (Wildman–Crippen MR) is 92.7 cm³/mol. The van der Waals surface area contributed by atoms with Gasteiger partial charge in [-0.05, 0) is 51.0 Å². The van der Waals surface area contributed by atoms with Crippen molar-refractivity contribution in [3.8, 4) is 5.75 Å². The zero-order valence-corrected chi connectivity index (χ0v) is 14.0. The number of ether oxygens (including phenoxy) is 1. The smallest absolute Gasteiger partial charge is 0.274 e. The molecule has 1 fully saturated rings. The summed E-state index contributed by atoms with van der Waals surface area (Å²) in [4.78, 5) is 14.1. The van der Waals surface area contributed by atoms with E-state index in [2.05, 4.69) is 15.5 Å². The van der Waals surface area contributed by atoms with Gasteiger partial charge in [0.1, 0.15) is 5.75 Å². The Labute approximate surface area is 141 Å². The van der Waals surface area contributed by atoms with Gasteiger partial charge in [0.15, 0.2) is 11.5 Å². The predicted octanol–water partition coefficient (Wildman–Crippen LogP) is 3.24. The quantitative estimate of drug-likeness (QED) is 0.913. The van der Waals surface area contributed by atoms with Crippen molar-refractivity contribution in [2.45, 2.75) is 32.8 Å². The molecule has 24 heavy (non-hydrogen) atoms. The maximum absolute atomic E-state index is 12.3. The molecule has 0 bridgehead atoms. The van der Waals surface area contributed by atoms with Crippen LogP contribution in [0.15, 0.2) is 36.4 Å². The summed E-state index contributed by atoms with van der Waals surface area (Å²) in [5, 5.41) is 11.4. The molecule has 0 saturated carbocycles. The minimum absolute atomic E-state index is 0.0462. The second-order valence-corrected chi connectivity index (χ2v) is 6.09. The number of hydrogen-bond donors (Lipinski definition) is 1. The monoisotopic (exact) mass is 326 g/mol. The number of nitrogens with one attached hydrogen (secondary N) is 1. The summed E-state index contributed by atoms with van der Waals surface area (Å²) >= 11 is 0. The van der Waals surface area contributed by atoms with Gasteiger partial charge in [-0.3, -0.25) is 4.79 Å². The molecule has 1 aromatic carbocycles. The van der Waals surface area contributed by atoms with Crippen molar-refractivity contribution in [3.05, 3.63) is 42.1 Å². The van der Waals surface area contributed by atoms with E-state index >= 15 is 0 Å². The second-order valence-electron chi connectivity index (χ2n) is 6.09. The van der Waals surface area contributed by atoms with Gasteiger partial charge in [0.2, 0.25) is 0 Å². The molecule has 6 nitrogen and oxygen atoms in total. The van der Waals surface area contributed by atoms with Crippen molar-refractivity contribution in [2.24, 2.45) is 0 Å². The first-order valence-electron chi connectivity index (χ1n) is 8.29. The average molecular weight is 326 g/mol. The van der Waals surface area contributed by atoms with Gasteiger partial charge >= 0.3 is 0 Å². The third kappa shape index (κ3) is 3.82. The first-order valence-corrected chi connectivity index (χ1v) is 8.29. The SMILES string of the molecule is CC(C)Oc1ccccc1Nc1ccc(C(=O)N2CCCC2)nn1. The van der Waals surface area contributed by atoms with Gasteiger partial charge in [-0.1, -0.05) is 12.1 Å². The van der Waals surface area contributed by atoms with Crippen molar-refractivity contribution in [3.63, 3.8) is 0 Å². The van der Waals surface area contributed by atoms with Crippen LogP contribution in [0.5, 0.6) is 5.75 Å². The number of nitrogens with zero attached hydrogens (tertiary/aromatic N) is 3. The molecule has 1 aliphatic rings. The normalized spacial score (nSPS) is 14.0. The third-order valence-corrected chi connectivity index (χ3v) is 3.79. The van der Waals surface area contributed by atoms with Gasteiger partial charge in [-0.25, -0.2) is 0 Å². The number of para-hydroxylation sites is 2. The van der Waals surface area contributed by atoms with E-state index in [0.717, 1.165) is 37.4 Å². The number of rotatable bonds is 5. The van der Waals surface area contributed by atoms with E-state index in [1.54, 1.807) is 12.1 Å². The highest BCUT2D eigenvalue weighted by Crippen LogP contribution is 2.27. The Morgan fingerprint density at radius 1 is 1.12 bits per heavy atom. The number of anilines is 2. The molecule has 1 amide bonds. The molecule has 2 aromatic rings. The van der Waals surface area contributed by atoms with Crippen LogP contribution in [0.2, 0.25) is 0 Å². The molecular weight excluding hydrogens is 304 g/mol. The number of benzene rings is 1. The highest BCUT2D eigenvalue weighted by molar-refractivity contribution is 5.92. The number of amides is 1. The second kappa shape index (κ2) is 7.29. The fourth-order valence-electron chi connectivity index (χ4n) is 2.66. The molecule has 0 aliphatic carbocycles. The van der Waals surface area contributed by atoms with E-state index in [1.165, 1.54) is 0 Å². The lowest BCUT2D eigenvalue weighted by atomic mass is 10.2. The zero-order chi connectivity index (χ0) is 16.9. The molecule has 1 aromatic heterocycles. The van der Waals surface area contributed by atoms with E-state index in [1.807, 2.05) is 43.0 Å².